The Morgan fingerprint density at radius 2 is 1.67 bits per heavy atom. The van der Waals surface area contributed by atoms with Crippen molar-refractivity contribution in [3.8, 4) is 5.75 Å². The molecule has 2 aromatic carbocycles. The van der Waals surface area contributed by atoms with Gasteiger partial charge in [0.1, 0.15) is 6.67 Å². The second-order valence-corrected chi connectivity index (χ2v) is 9.04. The molecule has 3 aromatic rings. The van der Waals surface area contributed by atoms with Gasteiger partial charge in [0, 0.05) is 22.9 Å². The van der Waals surface area contributed by atoms with E-state index in [0.717, 1.165) is 27.3 Å². The van der Waals surface area contributed by atoms with Gasteiger partial charge < -0.3 is 20.2 Å². The lowest BCUT2D eigenvalue weighted by Crippen LogP contribution is -2.59. The molecule has 2 aliphatic rings. The summed E-state index contributed by atoms with van der Waals surface area (Å²) < 4.78 is 1.52. The number of nitrogens with zero attached hydrogens (tertiary/aromatic N) is 3. The van der Waals surface area contributed by atoms with Gasteiger partial charge in [-0.2, -0.15) is 0 Å². The largest absolute Gasteiger partial charge is 0.502 e. The van der Waals surface area contributed by atoms with Crippen molar-refractivity contribution in [1.82, 2.24) is 9.58 Å². The van der Waals surface area contributed by atoms with Gasteiger partial charge in [0.15, 0.2) is 11.4 Å². The molecular formula is C24H23N3O5S. The lowest BCUT2D eigenvalue weighted by Gasteiger charge is -2.46. The number of carbonyl (C=O) groups excluding carboxylic acids is 1. The minimum atomic E-state index is -0.880. The van der Waals surface area contributed by atoms with Crippen LogP contribution in [0.1, 0.15) is 33.2 Å². The zero-order valence-corrected chi connectivity index (χ0v) is 18.5. The highest BCUT2D eigenvalue weighted by atomic mass is 32.2. The summed E-state index contributed by atoms with van der Waals surface area (Å²) in [6.07, 6.45) is 1.49. The van der Waals surface area contributed by atoms with E-state index in [1.165, 1.54) is 21.8 Å². The van der Waals surface area contributed by atoms with E-state index in [1.807, 2.05) is 41.4 Å². The smallest absolute Gasteiger partial charge is 0.278 e. The Balaban J connectivity index is 1.77. The van der Waals surface area contributed by atoms with Crippen molar-refractivity contribution >= 4 is 17.7 Å². The number of rotatable bonds is 4. The number of benzene rings is 2. The Morgan fingerprint density at radius 1 is 0.970 bits per heavy atom. The Labute approximate surface area is 194 Å². The average molecular weight is 466 g/mol. The van der Waals surface area contributed by atoms with Crippen LogP contribution in [0.3, 0.4) is 0 Å². The summed E-state index contributed by atoms with van der Waals surface area (Å²) in [5.74, 6) is -0.506. The summed E-state index contributed by atoms with van der Waals surface area (Å²) in [5, 5.41) is 32.1. The van der Waals surface area contributed by atoms with E-state index in [-0.39, 0.29) is 18.4 Å². The SMILES string of the molecule is O=C1c2c(O)c(=O)ccn2N(C2c3ccccc3CSc3ccccc32)CN1C(CO)CO. The fourth-order valence-electron chi connectivity index (χ4n) is 4.51. The molecule has 3 N–H and O–H groups in total. The van der Waals surface area contributed by atoms with Gasteiger partial charge in [0.25, 0.3) is 5.91 Å². The molecule has 5 rings (SSSR count). The number of pyridine rings is 1. The van der Waals surface area contributed by atoms with Crippen LogP contribution in [0.5, 0.6) is 5.75 Å². The first kappa shape index (κ1) is 21.6. The van der Waals surface area contributed by atoms with Crippen LogP contribution in [-0.4, -0.2) is 56.7 Å². The standard InChI is InChI=1S/C24H23N3O5S/c28-11-16(12-29)25-14-27(26-10-9-19(30)23(31)22(26)24(25)32)21-17-6-2-1-5-15(17)13-33-20-8-4-3-7-18(20)21/h1-10,16,21,28-29,31H,11-14H2. The molecule has 0 saturated carbocycles. The summed E-state index contributed by atoms with van der Waals surface area (Å²) in [6, 6.07) is 16.1. The number of aromatic hydroxyl groups is 1. The number of aliphatic hydroxyl groups is 2. The molecule has 1 unspecified atom stereocenters. The van der Waals surface area contributed by atoms with Gasteiger partial charge in [-0.15, -0.1) is 11.8 Å². The minimum absolute atomic E-state index is 0.0396. The van der Waals surface area contributed by atoms with Crippen molar-refractivity contribution in [1.29, 1.82) is 0 Å². The van der Waals surface area contributed by atoms with Crippen molar-refractivity contribution in [2.75, 3.05) is 24.9 Å². The van der Waals surface area contributed by atoms with E-state index in [2.05, 4.69) is 12.1 Å². The van der Waals surface area contributed by atoms with Gasteiger partial charge in [-0.3, -0.25) is 19.3 Å². The van der Waals surface area contributed by atoms with Gasteiger partial charge in [0.05, 0.1) is 25.3 Å². The number of amides is 1. The first-order chi connectivity index (χ1) is 16.0. The van der Waals surface area contributed by atoms with Crippen LogP contribution in [0, 0.1) is 0 Å². The molecule has 33 heavy (non-hydrogen) atoms. The quantitative estimate of drug-likeness (QED) is 0.538. The molecule has 9 heteroatoms. The van der Waals surface area contributed by atoms with E-state index in [4.69, 9.17) is 0 Å². The van der Waals surface area contributed by atoms with E-state index >= 15 is 0 Å². The second kappa shape index (κ2) is 8.58. The summed E-state index contributed by atoms with van der Waals surface area (Å²) in [6.45, 7) is -0.874. The predicted molar refractivity (Wildman–Crippen MR) is 124 cm³/mol. The molecule has 0 aliphatic carbocycles. The maximum atomic E-state index is 13.3. The van der Waals surface area contributed by atoms with Crippen molar-refractivity contribution in [3.63, 3.8) is 0 Å². The molecule has 170 valence electrons. The van der Waals surface area contributed by atoms with E-state index in [0.29, 0.717) is 0 Å². The zero-order chi connectivity index (χ0) is 23.1. The van der Waals surface area contributed by atoms with Gasteiger partial charge >= 0.3 is 0 Å². The fraction of sp³-hybridized carbons (Fsp3) is 0.250. The summed E-state index contributed by atoms with van der Waals surface area (Å²) in [5.41, 5.74) is 2.35. The van der Waals surface area contributed by atoms with Crippen LogP contribution in [0.4, 0.5) is 0 Å². The Hall–Kier alpha value is -3.27. The molecule has 1 atom stereocenters. The minimum Gasteiger partial charge on any atom is -0.502 e. The van der Waals surface area contributed by atoms with Crippen LogP contribution >= 0.6 is 11.8 Å². The van der Waals surface area contributed by atoms with Gasteiger partial charge in [-0.05, 0) is 22.8 Å². The highest BCUT2D eigenvalue weighted by molar-refractivity contribution is 7.98. The molecule has 0 fully saturated rings. The van der Waals surface area contributed by atoms with Crippen molar-refractivity contribution in [2.24, 2.45) is 0 Å². The number of aromatic nitrogens is 1. The highest BCUT2D eigenvalue weighted by Crippen LogP contribution is 2.42. The van der Waals surface area contributed by atoms with Gasteiger partial charge in [-0.25, -0.2) is 0 Å². The average Bonchev–Trinajstić information content (AvgIpc) is 3.00. The number of hydrogen-bond donors (Lipinski definition) is 3. The molecule has 0 bridgehead atoms. The van der Waals surface area contributed by atoms with E-state index in [1.54, 1.807) is 11.8 Å². The van der Waals surface area contributed by atoms with Crippen molar-refractivity contribution in [2.45, 2.75) is 22.7 Å². The topological polar surface area (TPSA) is 106 Å². The number of aliphatic hydroxyl groups excluding tert-OH is 2. The third kappa shape index (κ3) is 3.49. The lowest BCUT2D eigenvalue weighted by molar-refractivity contribution is 0.0365. The third-order valence-electron chi connectivity index (χ3n) is 6.20. The highest BCUT2D eigenvalue weighted by Gasteiger charge is 2.40. The first-order valence-corrected chi connectivity index (χ1v) is 11.6. The molecule has 3 heterocycles. The molecule has 0 saturated heterocycles. The number of fused-ring (bicyclic) bond motifs is 3. The Morgan fingerprint density at radius 3 is 2.42 bits per heavy atom. The molecule has 2 aliphatic heterocycles. The van der Waals surface area contributed by atoms with Crippen molar-refractivity contribution < 1.29 is 20.1 Å². The van der Waals surface area contributed by atoms with Crippen LogP contribution < -0.4 is 10.4 Å². The number of hydrogen-bond acceptors (Lipinski definition) is 7. The van der Waals surface area contributed by atoms with Crippen LogP contribution in [0.25, 0.3) is 0 Å². The molecule has 0 spiro atoms. The summed E-state index contributed by atoms with van der Waals surface area (Å²) in [4.78, 5) is 27.9. The lowest BCUT2D eigenvalue weighted by atomic mass is 9.94. The second-order valence-electron chi connectivity index (χ2n) is 8.02. The maximum absolute atomic E-state index is 13.3. The Bertz CT molecular complexity index is 1230. The zero-order valence-electron chi connectivity index (χ0n) is 17.7. The van der Waals surface area contributed by atoms with E-state index in [9.17, 15) is 24.9 Å². The van der Waals surface area contributed by atoms with Crippen LogP contribution in [0.2, 0.25) is 0 Å². The summed E-state index contributed by atoms with van der Waals surface area (Å²) >= 11 is 1.73. The molecule has 1 amide bonds. The monoisotopic (exact) mass is 465 g/mol. The first-order valence-electron chi connectivity index (χ1n) is 10.6. The molecular weight excluding hydrogens is 442 g/mol. The number of carbonyl (C=O) groups is 1. The van der Waals surface area contributed by atoms with Gasteiger partial charge in [-0.1, -0.05) is 42.5 Å². The normalized spacial score (nSPS) is 17.4. The van der Waals surface area contributed by atoms with Gasteiger partial charge in [0.2, 0.25) is 5.43 Å². The molecule has 0 radical (unpaired) electrons. The molecule has 8 nitrogen and oxygen atoms in total. The number of thioether (sulfide) groups is 1. The fourth-order valence-corrected chi connectivity index (χ4v) is 5.61. The Kier molecular flexibility index (Phi) is 5.61. The van der Waals surface area contributed by atoms with E-state index < -0.39 is 36.3 Å². The predicted octanol–water partition coefficient (Wildman–Crippen LogP) is 1.65. The van der Waals surface area contributed by atoms with Crippen LogP contribution in [-0.2, 0) is 5.75 Å². The molecule has 1 aromatic heterocycles. The third-order valence-corrected chi connectivity index (χ3v) is 7.34. The maximum Gasteiger partial charge on any atom is 0.278 e. The summed E-state index contributed by atoms with van der Waals surface area (Å²) in [7, 11) is 0. The van der Waals surface area contributed by atoms with Crippen molar-refractivity contribution in [3.05, 3.63) is 93.4 Å². The van der Waals surface area contributed by atoms with Crippen LogP contribution in [0.15, 0.2) is 70.5 Å².